The third kappa shape index (κ3) is 5.32. The van der Waals surface area contributed by atoms with E-state index in [1.165, 1.54) is 27.6 Å². The average Bonchev–Trinajstić information content (AvgIpc) is 2.78. The number of sulfonamides is 1. The van der Waals surface area contributed by atoms with Gasteiger partial charge in [0, 0.05) is 32.7 Å². The highest BCUT2D eigenvalue weighted by molar-refractivity contribution is 7.89. The fourth-order valence-electron chi connectivity index (χ4n) is 4.37. The predicted molar refractivity (Wildman–Crippen MR) is 116 cm³/mol. The molecular weight excluding hydrogens is 419 g/mol. The number of fused-ring (bicyclic) bond motifs is 1. The third-order valence-corrected chi connectivity index (χ3v) is 7.97. The summed E-state index contributed by atoms with van der Waals surface area (Å²) in [7, 11) is -3.63. The van der Waals surface area contributed by atoms with E-state index in [-0.39, 0.29) is 17.6 Å². The van der Waals surface area contributed by atoms with Crippen molar-refractivity contribution in [2.24, 2.45) is 0 Å². The monoisotopic (exact) mass is 448 g/mol. The summed E-state index contributed by atoms with van der Waals surface area (Å²) in [6.07, 6.45) is 2.52. The Morgan fingerprint density at radius 3 is 2.52 bits per heavy atom. The van der Waals surface area contributed by atoms with Gasteiger partial charge < -0.3 is 9.84 Å². The van der Waals surface area contributed by atoms with Gasteiger partial charge in [-0.1, -0.05) is 24.3 Å². The van der Waals surface area contributed by atoms with Gasteiger partial charge in [0.1, 0.15) is 5.82 Å². The number of β-amino-alcohol motifs (C(OH)–C–C–N with tert-alkyl or cyclic N) is 1. The molecule has 2 unspecified atom stereocenters. The Kier molecular flexibility index (Phi) is 7.03. The van der Waals surface area contributed by atoms with Crippen LogP contribution in [0.1, 0.15) is 30.1 Å². The fraction of sp³-hybridized carbons (Fsp3) is 0.478. The molecule has 0 radical (unpaired) electrons. The number of ether oxygens (including phenoxy) is 1. The molecule has 0 saturated carbocycles. The molecule has 0 aromatic heterocycles. The molecule has 1 heterocycles. The number of hydrogen-bond acceptors (Lipinski definition) is 5. The van der Waals surface area contributed by atoms with Gasteiger partial charge in [0.2, 0.25) is 10.0 Å². The van der Waals surface area contributed by atoms with Crippen LogP contribution in [0.25, 0.3) is 0 Å². The highest BCUT2D eigenvalue weighted by atomic mass is 32.2. The maximum Gasteiger partial charge on any atom is 0.243 e. The van der Waals surface area contributed by atoms with Crippen LogP contribution in [0.3, 0.4) is 0 Å². The van der Waals surface area contributed by atoms with Crippen LogP contribution in [0.2, 0.25) is 0 Å². The van der Waals surface area contributed by atoms with Crippen LogP contribution in [0, 0.1) is 5.82 Å². The van der Waals surface area contributed by atoms with E-state index in [1.54, 1.807) is 0 Å². The van der Waals surface area contributed by atoms with Crippen molar-refractivity contribution in [1.82, 2.24) is 9.21 Å². The number of benzene rings is 2. The first kappa shape index (κ1) is 22.4. The Morgan fingerprint density at radius 2 is 1.77 bits per heavy atom. The molecule has 1 N–H and O–H groups in total. The van der Waals surface area contributed by atoms with Crippen LogP contribution in [0.15, 0.2) is 53.4 Å². The topological polar surface area (TPSA) is 70.1 Å². The van der Waals surface area contributed by atoms with Crippen LogP contribution in [-0.2, 0) is 21.2 Å². The molecule has 2 aliphatic rings. The lowest BCUT2D eigenvalue weighted by atomic mass is 9.89. The van der Waals surface area contributed by atoms with Crippen molar-refractivity contribution in [1.29, 1.82) is 0 Å². The van der Waals surface area contributed by atoms with E-state index in [9.17, 15) is 17.9 Å². The summed E-state index contributed by atoms with van der Waals surface area (Å²) in [5.41, 5.74) is 2.55. The summed E-state index contributed by atoms with van der Waals surface area (Å²) in [5.74, 6) is -0.461. The molecule has 1 aliphatic carbocycles. The second kappa shape index (κ2) is 9.75. The number of aryl methyl sites for hydroxylation is 1. The van der Waals surface area contributed by atoms with Crippen LogP contribution in [0.4, 0.5) is 4.39 Å². The van der Waals surface area contributed by atoms with Crippen molar-refractivity contribution >= 4 is 10.0 Å². The molecule has 1 aliphatic heterocycles. The lowest BCUT2D eigenvalue weighted by Crippen LogP contribution is -2.50. The maximum atomic E-state index is 13.1. The summed E-state index contributed by atoms with van der Waals surface area (Å²) >= 11 is 0. The lowest BCUT2D eigenvalue weighted by molar-refractivity contribution is -0.0304. The van der Waals surface area contributed by atoms with E-state index in [4.69, 9.17) is 4.74 Å². The number of hydrogen-bond donors (Lipinski definition) is 1. The van der Waals surface area contributed by atoms with Crippen LogP contribution in [-0.4, -0.2) is 68.2 Å². The quantitative estimate of drug-likeness (QED) is 0.705. The molecule has 0 amide bonds. The minimum absolute atomic E-state index is 0.0253. The zero-order valence-corrected chi connectivity index (χ0v) is 18.3. The molecule has 2 atom stereocenters. The molecule has 2 aromatic rings. The SMILES string of the molecule is O=S(=O)(c1ccc(F)cc1)N1CCN(CC(O)COC2CCCc3ccccc32)CC1. The summed E-state index contributed by atoms with van der Waals surface area (Å²) < 4.78 is 46.0. The molecule has 168 valence electrons. The first-order valence-electron chi connectivity index (χ1n) is 10.8. The van der Waals surface area contributed by atoms with E-state index in [2.05, 4.69) is 17.0 Å². The Labute approximate surface area is 183 Å². The van der Waals surface area contributed by atoms with Gasteiger partial charge in [-0.05, 0) is 54.7 Å². The van der Waals surface area contributed by atoms with E-state index in [0.29, 0.717) is 32.7 Å². The molecular formula is C23H29FN2O4S. The van der Waals surface area contributed by atoms with Gasteiger partial charge >= 0.3 is 0 Å². The molecule has 8 heteroatoms. The first-order chi connectivity index (χ1) is 14.9. The lowest BCUT2D eigenvalue weighted by Gasteiger charge is -2.35. The van der Waals surface area contributed by atoms with Gasteiger partial charge in [-0.3, -0.25) is 4.90 Å². The molecule has 4 rings (SSSR count). The molecule has 31 heavy (non-hydrogen) atoms. The Balaban J connectivity index is 1.25. The number of nitrogens with zero attached hydrogens (tertiary/aromatic N) is 2. The summed E-state index contributed by atoms with van der Waals surface area (Å²) in [4.78, 5) is 2.16. The van der Waals surface area contributed by atoms with Crippen molar-refractivity contribution in [3.8, 4) is 0 Å². The maximum absolute atomic E-state index is 13.1. The Bertz CT molecular complexity index is 975. The van der Waals surface area contributed by atoms with Gasteiger partial charge in [-0.2, -0.15) is 4.31 Å². The molecule has 1 saturated heterocycles. The van der Waals surface area contributed by atoms with Gasteiger partial charge in [-0.25, -0.2) is 12.8 Å². The van der Waals surface area contributed by atoms with Crippen LogP contribution < -0.4 is 0 Å². The highest BCUT2D eigenvalue weighted by Crippen LogP contribution is 2.32. The number of piperazine rings is 1. The summed E-state index contributed by atoms with van der Waals surface area (Å²) in [6.45, 7) is 2.44. The van der Waals surface area contributed by atoms with Crippen molar-refractivity contribution in [2.45, 2.75) is 36.4 Å². The zero-order valence-electron chi connectivity index (χ0n) is 17.5. The van der Waals surface area contributed by atoms with Gasteiger partial charge in [-0.15, -0.1) is 0 Å². The normalized spacial score (nSPS) is 21.5. The van der Waals surface area contributed by atoms with E-state index in [0.717, 1.165) is 31.4 Å². The van der Waals surface area contributed by atoms with Crippen molar-refractivity contribution in [2.75, 3.05) is 39.3 Å². The van der Waals surface area contributed by atoms with Crippen LogP contribution in [0.5, 0.6) is 0 Å². The fourth-order valence-corrected chi connectivity index (χ4v) is 5.79. The van der Waals surface area contributed by atoms with Gasteiger partial charge in [0.05, 0.1) is 23.7 Å². The van der Waals surface area contributed by atoms with Crippen molar-refractivity contribution < 1.29 is 22.7 Å². The van der Waals surface area contributed by atoms with Gasteiger partial charge in [0.15, 0.2) is 0 Å². The first-order valence-corrected chi connectivity index (χ1v) is 12.2. The highest BCUT2D eigenvalue weighted by Gasteiger charge is 2.29. The molecule has 6 nitrogen and oxygen atoms in total. The van der Waals surface area contributed by atoms with E-state index >= 15 is 0 Å². The summed E-state index contributed by atoms with van der Waals surface area (Å²) in [6, 6.07) is 13.2. The third-order valence-electron chi connectivity index (χ3n) is 6.06. The van der Waals surface area contributed by atoms with Gasteiger partial charge in [0.25, 0.3) is 0 Å². The molecule has 2 aromatic carbocycles. The Hall–Kier alpha value is -1.84. The largest absolute Gasteiger partial charge is 0.389 e. The second-order valence-corrected chi connectivity index (χ2v) is 10.2. The zero-order chi connectivity index (χ0) is 21.8. The van der Waals surface area contributed by atoms with E-state index < -0.39 is 21.9 Å². The second-order valence-electron chi connectivity index (χ2n) is 8.23. The Morgan fingerprint density at radius 1 is 1.06 bits per heavy atom. The standard InChI is InChI=1S/C23H29FN2O4S/c24-19-8-10-21(11-9-19)31(28,29)26-14-12-25(13-15-26)16-20(27)17-30-23-7-3-5-18-4-1-2-6-22(18)23/h1-2,4,6,8-11,20,23,27H,3,5,7,12-17H2. The smallest absolute Gasteiger partial charge is 0.243 e. The number of rotatable bonds is 7. The van der Waals surface area contributed by atoms with Crippen LogP contribution >= 0.6 is 0 Å². The average molecular weight is 449 g/mol. The minimum atomic E-state index is -3.63. The predicted octanol–water partition coefficient (Wildman–Crippen LogP) is 2.59. The summed E-state index contributed by atoms with van der Waals surface area (Å²) in [5, 5.41) is 10.5. The minimum Gasteiger partial charge on any atom is -0.389 e. The van der Waals surface area contributed by atoms with Crippen molar-refractivity contribution in [3.63, 3.8) is 0 Å². The van der Waals surface area contributed by atoms with E-state index in [1.807, 2.05) is 12.1 Å². The number of halogens is 1. The number of aliphatic hydroxyl groups excluding tert-OH is 1. The molecule has 0 spiro atoms. The number of aliphatic hydroxyl groups is 1. The van der Waals surface area contributed by atoms with Crippen molar-refractivity contribution in [3.05, 3.63) is 65.5 Å². The molecule has 1 fully saturated rings. The molecule has 0 bridgehead atoms.